The Hall–Kier alpha value is -2.76. The summed E-state index contributed by atoms with van der Waals surface area (Å²) in [5.41, 5.74) is 8.42. The molecule has 0 bridgehead atoms. The van der Waals surface area contributed by atoms with E-state index in [1.807, 2.05) is 24.3 Å². The minimum atomic E-state index is -0.237. The van der Waals surface area contributed by atoms with Crippen LogP contribution in [0.2, 0.25) is 0 Å². The maximum absolute atomic E-state index is 12.9. The standard InChI is InChI=1S/C15H14FN5/c16-12-7-5-11(6-8-12)9-10-21-15(18-19-20-21)13-3-1-2-4-14(13)17/h1-8H,9-10,17H2. The molecule has 0 aliphatic heterocycles. The van der Waals surface area contributed by atoms with Gasteiger partial charge in [0, 0.05) is 17.8 Å². The first-order valence-corrected chi connectivity index (χ1v) is 6.59. The summed E-state index contributed by atoms with van der Waals surface area (Å²) < 4.78 is 14.6. The van der Waals surface area contributed by atoms with Gasteiger partial charge in [0.1, 0.15) is 5.82 Å². The van der Waals surface area contributed by atoms with Gasteiger partial charge < -0.3 is 5.73 Å². The summed E-state index contributed by atoms with van der Waals surface area (Å²) in [6, 6.07) is 13.9. The molecule has 0 spiro atoms. The zero-order chi connectivity index (χ0) is 14.7. The summed E-state index contributed by atoms with van der Waals surface area (Å²) in [5, 5.41) is 11.7. The Morgan fingerprint density at radius 3 is 2.57 bits per heavy atom. The van der Waals surface area contributed by atoms with Crippen LogP contribution in [0.5, 0.6) is 0 Å². The van der Waals surface area contributed by atoms with Gasteiger partial charge in [0.05, 0.1) is 0 Å². The monoisotopic (exact) mass is 283 g/mol. The van der Waals surface area contributed by atoms with Crippen molar-refractivity contribution in [3.05, 3.63) is 59.9 Å². The molecular weight excluding hydrogens is 269 g/mol. The number of halogens is 1. The zero-order valence-corrected chi connectivity index (χ0v) is 11.3. The predicted octanol–water partition coefficient (Wildman–Crippen LogP) is 2.30. The van der Waals surface area contributed by atoms with Gasteiger partial charge in [-0.2, -0.15) is 0 Å². The number of hydrogen-bond acceptors (Lipinski definition) is 4. The van der Waals surface area contributed by atoms with E-state index in [0.717, 1.165) is 11.1 Å². The fraction of sp³-hybridized carbons (Fsp3) is 0.133. The van der Waals surface area contributed by atoms with E-state index in [0.29, 0.717) is 24.5 Å². The Labute approximate surface area is 121 Å². The number of aryl methyl sites for hydroxylation is 2. The SMILES string of the molecule is Nc1ccccc1-c1nnnn1CCc1ccc(F)cc1. The molecule has 2 N–H and O–H groups in total. The van der Waals surface area contributed by atoms with E-state index >= 15 is 0 Å². The number of anilines is 1. The molecule has 0 atom stereocenters. The maximum atomic E-state index is 12.9. The lowest BCUT2D eigenvalue weighted by Gasteiger charge is -2.07. The van der Waals surface area contributed by atoms with Crippen LogP contribution in [0.3, 0.4) is 0 Å². The van der Waals surface area contributed by atoms with Crippen molar-refractivity contribution in [1.82, 2.24) is 20.2 Å². The van der Waals surface area contributed by atoms with Crippen molar-refractivity contribution < 1.29 is 4.39 Å². The number of nitrogens with zero attached hydrogens (tertiary/aromatic N) is 4. The second kappa shape index (κ2) is 5.70. The van der Waals surface area contributed by atoms with Crippen molar-refractivity contribution in [3.63, 3.8) is 0 Å². The Morgan fingerprint density at radius 2 is 1.81 bits per heavy atom. The van der Waals surface area contributed by atoms with Crippen LogP contribution >= 0.6 is 0 Å². The first-order valence-electron chi connectivity index (χ1n) is 6.59. The molecule has 0 aliphatic rings. The summed E-state index contributed by atoms with van der Waals surface area (Å²) in [7, 11) is 0. The molecule has 3 aromatic rings. The third-order valence-corrected chi connectivity index (χ3v) is 3.26. The molecule has 21 heavy (non-hydrogen) atoms. The lowest BCUT2D eigenvalue weighted by molar-refractivity contribution is 0.591. The van der Waals surface area contributed by atoms with Gasteiger partial charge in [-0.15, -0.1) is 5.10 Å². The van der Waals surface area contributed by atoms with Gasteiger partial charge in [-0.1, -0.05) is 24.3 Å². The molecule has 0 saturated carbocycles. The number of tetrazole rings is 1. The highest BCUT2D eigenvalue weighted by Gasteiger charge is 2.11. The van der Waals surface area contributed by atoms with Gasteiger partial charge in [0.25, 0.3) is 0 Å². The van der Waals surface area contributed by atoms with Crippen LogP contribution in [0.1, 0.15) is 5.56 Å². The normalized spacial score (nSPS) is 10.7. The smallest absolute Gasteiger partial charge is 0.184 e. The molecule has 2 aromatic carbocycles. The van der Waals surface area contributed by atoms with E-state index < -0.39 is 0 Å². The second-order valence-electron chi connectivity index (χ2n) is 4.69. The summed E-state index contributed by atoms with van der Waals surface area (Å²) in [5.74, 6) is 0.397. The number of para-hydroxylation sites is 1. The Morgan fingerprint density at radius 1 is 1.05 bits per heavy atom. The Kier molecular flexibility index (Phi) is 3.59. The van der Waals surface area contributed by atoms with Crippen molar-refractivity contribution in [2.75, 3.05) is 5.73 Å². The molecule has 0 saturated heterocycles. The fourth-order valence-corrected chi connectivity index (χ4v) is 2.13. The van der Waals surface area contributed by atoms with E-state index in [1.165, 1.54) is 12.1 Å². The van der Waals surface area contributed by atoms with Crippen LogP contribution < -0.4 is 5.73 Å². The van der Waals surface area contributed by atoms with Crippen molar-refractivity contribution in [2.24, 2.45) is 0 Å². The Balaban J connectivity index is 1.80. The average Bonchev–Trinajstić information content (AvgIpc) is 2.95. The van der Waals surface area contributed by atoms with Crippen molar-refractivity contribution in [1.29, 1.82) is 0 Å². The molecular formula is C15H14FN5. The molecule has 106 valence electrons. The lowest BCUT2D eigenvalue weighted by atomic mass is 10.1. The predicted molar refractivity (Wildman–Crippen MR) is 77.8 cm³/mol. The topological polar surface area (TPSA) is 69.6 Å². The van der Waals surface area contributed by atoms with E-state index in [4.69, 9.17) is 5.73 Å². The van der Waals surface area contributed by atoms with Gasteiger partial charge in [-0.05, 0) is 46.7 Å². The quantitative estimate of drug-likeness (QED) is 0.746. The molecule has 0 amide bonds. The highest BCUT2D eigenvalue weighted by Crippen LogP contribution is 2.22. The van der Waals surface area contributed by atoms with Gasteiger partial charge in [-0.25, -0.2) is 9.07 Å². The third-order valence-electron chi connectivity index (χ3n) is 3.26. The molecule has 3 rings (SSSR count). The number of aromatic nitrogens is 4. The van der Waals surface area contributed by atoms with Crippen molar-refractivity contribution in [3.8, 4) is 11.4 Å². The van der Waals surface area contributed by atoms with E-state index in [9.17, 15) is 4.39 Å². The van der Waals surface area contributed by atoms with E-state index in [1.54, 1.807) is 16.8 Å². The van der Waals surface area contributed by atoms with Crippen LogP contribution in [0.15, 0.2) is 48.5 Å². The number of rotatable bonds is 4. The minimum Gasteiger partial charge on any atom is -0.398 e. The molecule has 1 heterocycles. The van der Waals surface area contributed by atoms with E-state index in [-0.39, 0.29) is 5.82 Å². The zero-order valence-electron chi connectivity index (χ0n) is 11.3. The molecule has 0 unspecified atom stereocenters. The summed E-state index contributed by atoms with van der Waals surface area (Å²) >= 11 is 0. The van der Waals surface area contributed by atoms with E-state index in [2.05, 4.69) is 15.5 Å². The maximum Gasteiger partial charge on any atom is 0.184 e. The minimum absolute atomic E-state index is 0.237. The highest BCUT2D eigenvalue weighted by atomic mass is 19.1. The summed E-state index contributed by atoms with van der Waals surface area (Å²) in [4.78, 5) is 0. The number of benzene rings is 2. The largest absolute Gasteiger partial charge is 0.398 e. The van der Waals surface area contributed by atoms with Gasteiger partial charge in [-0.3, -0.25) is 0 Å². The van der Waals surface area contributed by atoms with Crippen LogP contribution in [-0.4, -0.2) is 20.2 Å². The number of hydrogen-bond donors (Lipinski definition) is 1. The molecule has 0 aliphatic carbocycles. The average molecular weight is 283 g/mol. The van der Waals surface area contributed by atoms with Gasteiger partial charge in [0.15, 0.2) is 5.82 Å². The molecule has 5 nitrogen and oxygen atoms in total. The molecule has 6 heteroatoms. The van der Waals surface area contributed by atoms with Crippen molar-refractivity contribution >= 4 is 5.69 Å². The van der Waals surface area contributed by atoms with Crippen molar-refractivity contribution in [2.45, 2.75) is 13.0 Å². The van der Waals surface area contributed by atoms with Gasteiger partial charge in [0.2, 0.25) is 0 Å². The van der Waals surface area contributed by atoms with Crippen LogP contribution in [0.25, 0.3) is 11.4 Å². The van der Waals surface area contributed by atoms with Gasteiger partial charge >= 0.3 is 0 Å². The first kappa shape index (κ1) is 13.2. The number of nitrogens with two attached hydrogens (primary N) is 1. The van der Waals surface area contributed by atoms with Crippen LogP contribution in [0, 0.1) is 5.82 Å². The van der Waals surface area contributed by atoms with Crippen LogP contribution in [0.4, 0.5) is 10.1 Å². The summed E-state index contributed by atoms with van der Waals surface area (Å²) in [6.07, 6.45) is 0.713. The summed E-state index contributed by atoms with van der Waals surface area (Å²) in [6.45, 7) is 0.600. The first-order chi connectivity index (χ1) is 10.2. The fourth-order valence-electron chi connectivity index (χ4n) is 2.13. The highest BCUT2D eigenvalue weighted by molar-refractivity contribution is 5.70. The number of nitrogen functional groups attached to an aromatic ring is 1. The molecule has 0 fully saturated rings. The second-order valence-corrected chi connectivity index (χ2v) is 4.69. The molecule has 1 aromatic heterocycles. The Bertz CT molecular complexity index is 736. The lowest BCUT2D eigenvalue weighted by Crippen LogP contribution is -2.06. The molecule has 0 radical (unpaired) electrons. The third kappa shape index (κ3) is 2.89. The van der Waals surface area contributed by atoms with Crippen LogP contribution in [-0.2, 0) is 13.0 Å².